The van der Waals surface area contributed by atoms with E-state index in [1.165, 1.54) is 0 Å². The summed E-state index contributed by atoms with van der Waals surface area (Å²) in [6.45, 7) is 6.60. The predicted molar refractivity (Wildman–Crippen MR) is 108 cm³/mol. The summed E-state index contributed by atoms with van der Waals surface area (Å²) < 4.78 is 6.64. The third-order valence-electron chi connectivity index (χ3n) is 5.66. The molecule has 8 heteroatoms. The smallest absolute Gasteiger partial charge is 0.261 e. The molecule has 8 nitrogen and oxygen atoms in total. The van der Waals surface area contributed by atoms with Gasteiger partial charge in [0.1, 0.15) is 0 Å². The molecule has 150 valence electrons. The SMILES string of the molecule is COCCn1cnc2cc(N3CCN(CC4CNC(=O)C4)CC3)ccc2c1=O. The van der Waals surface area contributed by atoms with Crippen LogP contribution in [-0.4, -0.2) is 73.3 Å². The van der Waals surface area contributed by atoms with Crippen molar-refractivity contribution in [1.82, 2.24) is 19.8 Å². The zero-order valence-corrected chi connectivity index (χ0v) is 16.3. The lowest BCUT2D eigenvalue weighted by atomic mass is 10.1. The first kappa shape index (κ1) is 18.9. The number of fused-ring (bicyclic) bond motifs is 1. The maximum atomic E-state index is 12.6. The Hall–Kier alpha value is -2.45. The van der Waals surface area contributed by atoms with Crippen molar-refractivity contribution in [2.75, 3.05) is 57.9 Å². The van der Waals surface area contributed by atoms with Crippen LogP contribution in [0.3, 0.4) is 0 Å². The Morgan fingerprint density at radius 3 is 2.75 bits per heavy atom. The van der Waals surface area contributed by atoms with Crippen LogP contribution < -0.4 is 15.8 Å². The van der Waals surface area contributed by atoms with E-state index in [0.717, 1.165) is 50.5 Å². The van der Waals surface area contributed by atoms with Gasteiger partial charge in [0.2, 0.25) is 5.91 Å². The molecule has 0 saturated carbocycles. The Kier molecular flexibility index (Phi) is 5.59. The van der Waals surface area contributed by atoms with Crippen LogP contribution in [0.1, 0.15) is 6.42 Å². The number of hydrogen-bond acceptors (Lipinski definition) is 6. The number of anilines is 1. The van der Waals surface area contributed by atoms with Crippen LogP contribution >= 0.6 is 0 Å². The fourth-order valence-electron chi connectivity index (χ4n) is 4.04. The topological polar surface area (TPSA) is 79.7 Å². The van der Waals surface area contributed by atoms with Crippen LogP contribution in [0.15, 0.2) is 29.3 Å². The number of carbonyl (C=O) groups excluding carboxylic acids is 1. The molecule has 1 unspecified atom stereocenters. The fourth-order valence-corrected chi connectivity index (χ4v) is 4.04. The van der Waals surface area contributed by atoms with Gasteiger partial charge in [0.05, 0.1) is 30.4 Å². The number of ether oxygens (including phenoxy) is 1. The molecule has 1 N–H and O–H groups in total. The molecule has 1 amide bonds. The summed E-state index contributed by atoms with van der Waals surface area (Å²) in [6, 6.07) is 5.90. The molecule has 1 aromatic carbocycles. The fraction of sp³-hybridized carbons (Fsp3) is 0.550. The molecule has 4 rings (SSSR count). The van der Waals surface area contributed by atoms with Crippen molar-refractivity contribution in [3.8, 4) is 0 Å². The number of amides is 1. The zero-order chi connectivity index (χ0) is 19.5. The number of nitrogens with zero attached hydrogens (tertiary/aromatic N) is 4. The van der Waals surface area contributed by atoms with Crippen molar-refractivity contribution in [3.63, 3.8) is 0 Å². The van der Waals surface area contributed by atoms with Crippen molar-refractivity contribution in [2.45, 2.75) is 13.0 Å². The Morgan fingerprint density at radius 2 is 2.04 bits per heavy atom. The second-order valence-electron chi connectivity index (χ2n) is 7.60. The van der Waals surface area contributed by atoms with Crippen molar-refractivity contribution in [3.05, 3.63) is 34.9 Å². The van der Waals surface area contributed by atoms with E-state index in [4.69, 9.17) is 4.74 Å². The standard InChI is InChI=1S/C20H27N5O3/c1-28-9-8-25-14-22-18-11-16(2-3-17(18)20(25)27)24-6-4-23(5-7-24)13-15-10-19(26)21-12-15/h2-3,11,14-15H,4-10,12-13H2,1H3,(H,21,26). The molecule has 3 heterocycles. The molecular weight excluding hydrogens is 358 g/mol. The first-order chi connectivity index (χ1) is 13.6. The van der Waals surface area contributed by atoms with Crippen molar-refractivity contribution in [2.24, 2.45) is 5.92 Å². The van der Waals surface area contributed by atoms with Gasteiger partial charge in [-0.1, -0.05) is 0 Å². The highest BCUT2D eigenvalue weighted by molar-refractivity contribution is 5.81. The van der Waals surface area contributed by atoms with Crippen LogP contribution in [0.5, 0.6) is 0 Å². The highest BCUT2D eigenvalue weighted by Crippen LogP contribution is 2.21. The van der Waals surface area contributed by atoms with Crippen molar-refractivity contribution in [1.29, 1.82) is 0 Å². The van der Waals surface area contributed by atoms with E-state index in [1.54, 1.807) is 18.0 Å². The Bertz CT molecular complexity index is 904. The molecule has 2 aliphatic rings. The largest absolute Gasteiger partial charge is 0.383 e. The van der Waals surface area contributed by atoms with Crippen LogP contribution in [0.4, 0.5) is 5.69 Å². The minimum absolute atomic E-state index is 0.0295. The number of hydrogen-bond donors (Lipinski definition) is 1. The van der Waals surface area contributed by atoms with Crippen molar-refractivity contribution >= 4 is 22.5 Å². The molecule has 2 saturated heterocycles. The highest BCUT2D eigenvalue weighted by Gasteiger charge is 2.25. The number of rotatable bonds is 6. The molecule has 0 bridgehead atoms. The number of methoxy groups -OCH3 is 1. The maximum absolute atomic E-state index is 12.6. The molecule has 2 aromatic rings. The molecule has 1 aromatic heterocycles. The highest BCUT2D eigenvalue weighted by atomic mass is 16.5. The lowest BCUT2D eigenvalue weighted by Crippen LogP contribution is -2.48. The zero-order valence-electron chi connectivity index (χ0n) is 16.3. The van der Waals surface area contributed by atoms with Gasteiger partial charge >= 0.3 is 0 Å². The number of piperazine rings is 1. The number of aromatic nitrogens is 2. The third kappa shape index (κ3) is 4.02. The minimum atomic E-state index is -0.0295. The van der Waals surface area contributed by atoms with Crippen LogP contribution in [-0.2, 0) is 16.1 Å². The van der Waals surface area contributed by atoms with Gasteiger partial charge < -0.3 is 15.0 Å². The van der Waals surface area contributed by atoms with E-state index >= 15 is 0 Å². The lowest BCUT2D eigenvalue weighted by Gasteiger charge is -2.37. The summed E-state index contributed by atoms with van der Waals surface area (Å²) in [4.78, 5) is 33.2. The number of benzene rings is 1. The predicted octanol–water partition coefficient (Wildman–Crippen LogP) is 0.301. The van der Waals surface area contributed by atoms with E-state index < -0.39 is 0 Å². The average Bonchev–Trinajstić information content (AvgIpc) is 3.12. The van der Waals surface area contributed by atoms with Gasteiger partial charge in [-0.05, 0) is 24.1 Å². The van der Waals surface area contributed by atoms with Gasteiger partial charge in [0.15, 0.2) is 0 Å². The number of carbonyl (C=O) groups is 1. The van der Waals surface area contributed by atoms with Gasteiger partial charge in [-0.15, -0.1) is 0 Å². The van der Waals surface area contributed by atoms with E-state index in [1.807, 2.05) is 18.2 Å². The summed E-state index contributed by atoms with van der Waals surface area (Å²) in [7, 11) is 1.62. The van der Waals surface area contributed by atoms with Crippen LogP contribution in [0.2, 0.25) is 0 Å². The van der Waals surface area contributed by atoms with E-state index in [2.05, 4.69) is 20.1 Å². The average molecular weight is 385 g/mol. The molecule has 1 atom stereocenters. The summed E-state index contributed by atoms with van der Waals surface area (Å²) in [5.74, 6) is 0.609. The summed E-state index contributed by atoms with van der Waals surface area (Å²) >= 11 is 0. The quantitative estimate of drug-likeness (QED) is 0.771. The molecule has 28 heavy (non-hydrogen) atoms. The van der Waals surface area contributed by atoms with Gasteiger partial charge in [0, 0.05) is 58.5 Å². The minimum Gasteiger partial charge on any atom is -0.383 e. The Labute approximate surface area is 164 Å². The van der Waals surface area contributed by atoms with Crippen molar-refractivity contribution < 1.29 is 9.53 Å². The monoisotopic (exact) mass is 385 g/mol. The van der Waals surface area contributed by atoms with Gasteiger partial charge in [-0.2, -0.15) is 0 Å². The maximum Gasteiger partial charge on any atom is 0.261 e. The summed E-state index contributed by atoms with van der Waals surface area (Å²) in [6.07, 6.45) is 2.25. The first-order valence-corrected chi connectivity index (χ1v) is 9.86. The van der Waals surface area contributed by atoms with Gasteiger partial charge in [-0.3, -0.25) is 19.1 Å². The van der Waals surface area contributed by atoms with Crippen LogP contribution in [0.25, 0.3) is 10.9 Å². The lowest BCUT2D eigenvalue weighted by molar-refractivity contribution is -0.119. The normalized spacial score (nSPS) is 20.7. The number of nitrogens with one attached hydrogen (secondary N) is 1. The molecule has 0 spiro atoms. The molecular formula is C20H27N5O3. The van der Waals surface area contributed by atoms with Crippen LogP contribution in [0, 0.1) is 5.92 Å². The Morgan fingerprint density at radius 1 is 1.21 bits per heavy atom. The molecule has 2 fully saturated rings. The van der Waals surface area contributed by atoms with Gasteiger partial charge in [-0.25, -0.2) is 4.98 Å². The van der Waals surface area contributed by atoms with E-state index in [0.29, 0.717) is 30.9 Å². The van der Waals surface area contributed by atoms with E-state index in [-0.39, 0.29) is 11.5 Å². The van der Waals surface area contributed by atoms with E-state index in [9.17, 15) is 9.59 Å². The first-order valence-electron chi connectivity index (χ1n) is 9.86. The summed E-state index contributed by atoms with van der Waals surface area (Å²) in [5, 5.41) is 3.55. The van der Waals surface area contributed by atoms with Gasteiger partial charge in [0.25, 0.3) is 5.56 Å². The summed E-state index contributed by atoms with van der Waals surface area (Å²) in [5.41, 5.74) is 1.80. The molecule has 0 aliphatic carbocycles. The molecule has 0 radical (unpaired) electrons. The second kappa shape index (κ2) is 8.28. The third-order valence-corrected chi connectivity index (χ3v) is 5.66. The Balaban J connectivity index is 1.41. The second-order valence-corrected chi connectivity index (χ2v) is 7.60. The molecule has 2 aliphatic heterocycles.